The largest absolute Gasteiger partial charge is 0.271 e. The van der Waals surface area contributed by atoms with Crippen LogP contribution in [0.4, 0.5) is 5.69 Å². The fourth-order valence-corrected chi connectivity index (χ4v) is 3.58. The second-order valence-electron chi connectivity index (χ2n) is 6.97. The molecule has 1 atom stereocenters. The molecule has 1 heterocycles. The second-order valence-corrected chi connectivity index (χ2v) is 7.89. The van der Waals surface area contributed by atoms with Crippen LogP contribution in [0.3, 0.4) is 0 Å². The van der Waals surface area contributed by atoms with Crippen molar-refractivity contribution < 1.29 is 9.59 Å². The third kappa shape index (κ3) is 4.46. The third-order valence-corrected chi connectivity index (χ3v) is 5.39. The summed E-state index contributed by atoms with van der Waals surface area (Å²) in [5, 5.41) is 10.2. The summed E-state index contributed by atoms with van der Waals surface area (Å²) < 4.78 is 0.901. The normalized spacial score (nSPS) is 16.3. The fourth-order valence-electron chi connectivity index (χ4n) is 3.32. The lowest BCUT2D eigenvalue weighted by atomic mass is 9.92. The Balaban J connectivity index is 1.69. The predicted octanol–water partition coefficient (Wildman–Crippen LogP) is 4.62. The molecule has 7 heteroatoms. The van der Waals surface area contributed by atoms with Crippen LogP contribution in [0.25, 0.3) is 0 Å². The van der Waals surface area contributed by atoms with Crippen LogP contribution in [0.5, 0.6) is 0 Å². The Bertz CT molecular complexity index is 1160. The number of carbonyl (C=O) groups is 2. The molecular weight excluding hydrogens is 456 g/mol. The maximum absolute atomic E-state index is 13.3. The first-order valence-electron chi connectivity index (χ1n) is 9.67. The highest BCUT2D eigenvalue weighted by atomic mass is 79.9. The van der Waals surface area contributed by atoms with Crippen LogP contribution in [0, 0.1) is 5.92 Å². The lowest BCUT2D eigenvalue weighted by Gasteiger charge is -2.16. The van der Waals surface area contributed by atoms with Crippen LogP contribution in [0.1, 0.15) is 22.8 Å². The van der Waals surface area contributed by atoms with E-state index in [-0.39, 0.29) is 11.8 Å². The number of halogens is 1. The zero-order valence-electron chi connectivity index (χ0n) is 16.7. The fraction of sp³-hybridized carbons (Fsp3) is 0.0833. The summed E-state index contributed by atoms with van der Waals surface area (Å²) >= 11 is 3.43. The molecule has 154 valence electrons. The molecule has 0 spiro atoms. The van der Waals surface area contributed by atoms with Crippen molar-refractivity contribution in [2.24, 2.45) is 16.1 Å². The van der Waals surface area contributed by atoms with Gasteiger partial charge in [0.25, 0.3) is 11.8 Å². The Labute approximate surface area is 188 Å². The maximum atomic E-state index is 13.3. The number of anilines is 1. The van der Waals surface area contributed by atoms with E-state index in [0.717, 1.165) is 10.0 Å². The molecule has 0 aliphatic carbocycles. The van der Waals surface area contributed by atoms with Crippen molar-refractivity contribution >= 4 is 44.9 Å². The van der Waals surface area contributed by atoms with Crippen molar-refractivity contribution in [3.8, 4) is 0 Å². The number of rotatable bonds is 5. The van der Waals surface area contributed by atoms with Gasteiger partial charge in [0.05, 0.1) is 17.1 Å². The highest BCUT2D eigenvalue weighted by molar-refractivity contribution is 9.10. The lowest BCUT2D eigenvalue weighted by molar-refractivity contribution is -0.118. The van der Waals surface area contributed by atoms with Gasteiger partial charge in [-0.2, -0.15) is 15.2 Å². The molecule has 0 bridgehead atoms. The molecule has 1 unspecified atom stereocenters. The number of benzene rings is 3. The van der Waals surface area contributed by atoms with Crippen molar-refractivity contribution in [3.63, 3.8) is 0 Å². The van der Waals surface area contributed by atoms with Crippen LogP contribution in [-0.2, 0) is 4.79 Å². The molecular formula is C24H19BrN4O2. The van der Waals surface area contributed by atoms with E-state index in [1.54, 1.807) is 31.2 Å². The van der Waals surface area contributed by atoms with E-state index in [1.165, 1.54) is 5.01 Å². The van der Waals surface area contributed by atoms with Gasteiger partial charge in [0.15, 0.2) is 0 Å². The summed E-state index contributed by atoms with van der Waals surface area (Å²) in [5.74, 6) is -1.29. The van der Waals surface area contributed by atoms with Crippen molar-refractivity contribution in [2.75, 3.05) is 5.01 Å². The molecule has 31 heavy (non-hydrogen) atoms. The second kappa shape index (κ2) is 9.06. The van der Waals surface area contributed by atoms with Crippen molar-refractivity contribution in [3.05, 3.63) is 101 Å². The molecule has 2 amide bonds. The topological polar surface area (TPSA) is 74.1 Å². The highest BCUT2D eigenvalue weighted by Crippen LogP contribution is 2.27. The first-order valence-corrected chi connectivity index (χ1v) is 10.5. The standard InChI is InChI=1S/C24H19BrN4O2/c1-16-21(24(31)29(28-16)20-10-6-3-7-11-20)22(17-12-14-19(25)15-13-17)26-27-23(30)18-8-4-2-5-9-18/h2-15,21H,1H3,(H,27,30). The van der Waals surface area contributed by atoms with Gasteiger partial charge in [0.1, 0.15) is 5.92 Å². The molecule has 6 nitrogen and oxygen atoms in total. The van der Waals surface area contributed by atoms with E-state index in [1.807, 2.05) is 60.7 Å². The van der Waals surface area contributed by atoms with Crippen LogP contribution < -0.4 is 10.4 Å². The molecule has 1 N–H and O–H groups in total. The Morgan fingerprint density at radius 1 is 0.935 bits per heavy atom. The molecule has 3 aromatic carbocycles. The van der Waals surface area contributed by atoms with Gasteiger partial charge in [-0.25, -0.2) is 5.43 Å². The number of hydrogen-bond acceptors (Lipinski definition) is 4. The van der Waals surface area contributed by atoms with Crippen LogP contribution >= 0.6 is 15.9 Å². The van der Waals surface area contributed by atoms with E-state index in [9.17, 15) is 9.59 Å². The summed E-state index contributed by atoms with van der Waals surface area (Å²) in [5.41, 5.74) is 5.51. The first-order chi connectivity index (χ1) is 15.0. The van der Waals surface area contributed by atoms with Gasteiger partial charge >= 0.3 is 0 Å². The zero-order chi connectivity index (χ0) is 21.8. The maximum Gasteiger partial charge on any atom is 0.271 e. The number of nitrogens with zero attached hydrogens (tertiary/aromatic N) is 3. The third-order valence-electron chi connectivity index (χ3n) is 4.86. The van der Waals surface area contributed by atoms with Crippen molar-refractivity contribution in [1.29, 1.82) is 0 Å². The van der Waals surface area contributed by atoms with Gasteiger partial charge in [-0.05, 0) is 48.9 Å². The minimum absolute atomic E-state index is 0.223. The number of amides is 2. The highest BCUT2D eigenvalue weighted by Gasteiger charge is 2.39. The molecule has 0 fully saturated rings. The Hall–Kier alpha value is -3.58. The summed E-state index contributed by atoms with van der Waals surface area (Å²) in [7, 11) is 0. The van der Waals surface area contributed by atoms with E-state index in [2.05, 4.69) is 31.6 Å². The Morgan fingerprint density at radius 2 is 1.55 bits per heavy atom. The molecule has 0 saturated carbocycles. The molecule has 0 radical (unpaired) electrons. The van der Waals surface area contributed by atoms with Gasteiger partial charge in [0, 0.05) is 10.0 Å². The number of hydrazone groups is 2. The zero-order valence-corrected chi connectivity index (χ0v) is 18.3. The molecule has 0 aromatic heterocycles. The van der Waals surface area contributed by atoms with Gasteiger partial charge in [-0.15, -0.1) is 0 Å². The van der Waals surface area contributed by atoms with E-state index in [0.29, 0.717) is 22.7 Å². The van der Waals surface area contributed by atoms with Gasteiger partial charge in [-0.1, -0.05) is 64.5 Å². The summed E-state index contributed by atoms with van der Waals surface area (Å²) in [4.78, 5) is 25.9. The monoisotopic (exact) mass is 474 g/mol. The van der Waals surface area contributed by atoms with E-state index in [4.69, 9.17) is 0 Å². The summed E-state index contributed by atoms with van der Waals surface area (Å²) in [6.45, 7) is 1.79. The average Bonchev–Trinajstić information content (AvgIpc) is 3.10. The smallest absolute Gasteiger partial charge is 0.271 e. The van der Waals surface area contributed by atoms with Crippen molar-refractivity contribution in [1.82, 2.24) is 5.43 Å². The number of nitrogens with one attached hydrogen (secondary N) is 1. The molecule has 1 aliphatic heterocycles. The van der Waals surface area contributed by atoms with Gasteiger partial charge in [-0.3, -0.25) is 9.59 Å². The van der Waals surface area contributed by atoms with Crippen LogP contribution in [0.2, 0.25) is 0 Å². The van der Waals surface area contributed by atoms with Gasteiger partial charge < -0.3 is 0 Å². The quantitative estimate of drug-likeness (QED) is 0.432. The summed E-state index contributed by atoms with van der Waals surface area (Å²) in [6, 6.07) is 25.5. The van der Waals surface area contributed by atoms with E-state index < -0.39 is 5.92 Å². The van der Waals surface area contributed by atoms with Crippen LogP contribution in [-0.4, -0.2) is 23.2 Å². The predicted molar refractivity (Wildman–Crippen MR) is 125 cm³/mol. The van der Waals surface area contributed by atoms with Crippen LogP contribution in [0.15, 0.2) is 99.6 Å². The molecule has 4 rings (SSSR count). The summed E-state index contributed by atoms with van der Waals surface area (Å²) in [6.07, 6.45) is 0. The Morgan fingerprint density at radius 3 is 2.19 bits per heavy atom. The van der Waals surface area contributed by atoms with E-state index >= 15 is 0 Å². The first kappa shape index (κ1) is 20.7. The number of para-hydroxylation sites is 1. The Kier molecular flexibility index (Phi) is 6.04. The average molecular weight is 475 g/mol. The number of hydrogen-bond donors (Lipinski definition) is 1. The molecule has 3 aromatic rings. The number of carbonyl (C=O) groups excluding carboxylic acids is 2. The molecule has 1 aliphatic rings. The van der Waals surface area contributed by atoms with Crippen molar-refractivity contribution in [2.45, 2.75) is 6.92 Å². The molecule has 0 saturated heterocycles. The van der Waals surface area contributed by atoms with Gasteiger partial charge in [0.2, 0.25) is 0 Å². The lowest BCUT2D eigenvalue weighted by Crippen LogP contribution is -2.35. The SMILES string of the molecule is CC1=NN(c2ccccc2)C(=O)C1C(=NNC(=O)c1ccccc1)c1ccc(Br)cc1. The minimum atomic E-state index is -0.711. The minimum Gasteiger partial charge on any atom is -0.271 e.